The van der Waals surface area contributed by atoms with Crippen LogP contribution in [0.1, 0.15) is 67.4 Å². The van der Waals surface area contributed by atoms with E-state index in [0.717, 1.165) is 18.4 Å². The lowest BCUT2D eigenvalue weighted by Gasteiger charge is -2.47. The number of carbonyl (C=O) groups excluding carboxylic acids is 1. The number of nitrogens with zero attached hydrogens (tertiary/aromatic N) is 3. The third-order valence-corrected chi connectivity index (χ3v) is 9.99. The molecule has 1 amide bonds. The summed E-state index contributed by atoms with van der Waals surface area (Å²) in [4.78, 5) is 24.8. The Hall–Kier alpha value is -3.53. The van der Waals surface area contributed by atoms with E-state index in [2.05, 4.69) is 28.5 Å². The van der Waals surface area contributed by atoms with E-state index in [1.807, 2.05) is 11.8 Å². The van der Waals surface area contributed by atoms with Crippen LogP contribution in [0.25, 0.3) is 11.3 Å². The Morgan fingerprint density at radius 2 is 1.88 bits per heavy atom. The lowest BCUT2D eigenvalue weighted by Crippen LogP contribution is -2.55. The Labute approximate surface area is 240 Å². The average molecular weight is 579 g/mol. The van der Waals surface area contributed by atoms with Gasteiger partial charge in [0.15, 0.2) is 0 Å². The monoisotopic (exact) mass is 578 g/mol. The Balaban J connectivity index is 1.49. The molecule has 1 atom stereocenters. The third kappa shape index (κ3) is 5.29. The highest BCUT2D eigenvalue weighted by Crippen LogP contribution is 2.62. The maximum Gasteiger partial charge on any atom is 0.264 e. The molecule has 0 saturated heterocycles. The van der Waals surface area contributed by atoms with Gasteiger partial charge in [0, 0.05) is 23.2 Å². The van der Waals surface area contributed by atoms with Gasteiger partial charge in [0.05, 0.1) is 16.6 Å². The van der Waals surface area contributed by atoms with Crippen LogP contribution >= 0.6 is 0 Å². The molecular formula is C31H35FN4O4S. The van der Waals surface area contributed by atoms with Crippen molar-refractivity contribution in [2.45, 2.75) is 76.8 Å². The summed E-state index contributed by atoms with van der Waals surface area (Å²) in [5.74, 6) is -0.345. The van der Waals surface area contributed by atoms with Gasteiger partial charge in [-0.1, -0.05) is 26.0 Å². The lowest BCUT2D eigenvalue weighted by atomic mass is 9.75. The predicted molar refractivity (Wildman–Crippen MR) is 154 cm³/mol. The first-order valence-corrected chi connectivity index (χ1v) is 15.7. The van der Waals surface area contributed by atoms with Gasteiger partial charge in [-0.25, -0.2) is 22.5 Å². The summed E-state index contributed by atoms with van der Waals surface area (Å²) in [6.07, 6.45) is 5.00. The summed E-state index contributed by atoms with van der Waals surface area (Å²) in [5, 5.41) is 0. The highest BCUT2D eigenvalue weighted by atomic mass is 32.2. The van der Waals surface area contributed by atoms with Crippen molar-refractivity contribution in [2.24, 2.45) is 11.3 Å². The molecular weight excluding hydrogens is 543 g/mol. The van der Waals surface area contributed by atoms with Gasteiger partial charge >= 0.3 is 0 Å². The smallest absolute Gasteiger partial charge is 0.264 e. The van der Waals surface area contributed by atoms with E-state index in [1.54, 1.807) is 31.2 Å². The summed E-state index contributed by atoms with van der Waals surface area (Å²) in [5.41, 5.74) is 2.74. The number of aryl methyl sites for hydroxylation is 1. The Morgan fingerprint density at radius 1 is 1.12 bits per heavy atom. The van der Waals surface area contributed by atoms with Gasteiger partial charge in [-0.3, -0.25) is 4.79 Å². The van der Waals surface area contributed by atoms with Crippen LogP contribution in [-0.2, 0) is 10.0 Å². The number of aromatic nitrogens is 2. The second kappa shape index (κ2) is 10.1. The van der Waals surface area contributed by atoms with Gasteiger partial charge in [-0.2, -0.15) is 4.98 Å². The molecule has 0 radical (unpaired) electrons. The molecule has 1 aromatic heterocycles. The fraction of sp³-hybridized carbons (Fsp3) is 0.452. The minimum absolute atomic E-state index is 0.0648. The van der Waals surface area contributed by atoms with Crippen LogP contribution in [0.5, 0.6) is 5.88 Å². The molecule has 2 fully saturated rings. The molecule has 2 saturated carbocycles. The number of anilines is 1. The first kappa shape index (κ1) is 27.6. The number of hydrogen-bond acceptors (Lipinski definition) is 6. The van der Waals surface area contributed by atoms with Crippen LogP contribution in [-0.4, -0.2) is 47.9 Å². The Bertz CT molecular complexity index is 1630. The van der Waals surface area contributed by atoms with Gasteiger partial charge in [0.2, 0.25) is 11.8 Å². The van der Waals surface area contributed by atoms with Crippen molar-refractivity contribution in [1.82, 2.24) is 14.9 Å². The van der Waals surface area contributed by atoms with Gasteiger partial charge in [0.25, 0.3) is 15.9 Å². The normalized spacial score (nSPS) is 21.3. The number of hydrogen-bond donors (Lipinski definition) is 1. The zero-order valence-corrected chi connectivity index (χ0v) is 24.6. The van der Waals surface area contributed by atoms with Crippen molar-refractivity contribution in [3.63, 3.8) is 0 Å². The molecule has 2 heterocycles. The standard InChI is InChI=1S/C31H35FN4O4S/c1-18(2)12-22-17-40-27-14-26(28-19(3)8-9-25(32)20(28)4)33-30(34-27)35-41(38,39)24-7-5-6-21(13-24)29(37)36(22)23-15-31(16-23)10-11-31/h5-9,13-14,18,22-23H,10-12,15-17H2,1-4H3,(H,33,34,35)/t22-/m1/s1. The van der Waals surface area contributed by atoms with Gasteiger partial charge in [-0.15, -0.1) is 0 Å². The van der Waals surface area contributed by atoms with Crippen molar-refractivity contribution >= 4 is 21.9 Å². The molecule has 8 nitrogen and oxygen atoms in total. The molecule has 0 unspecified atom stereocenters. The van der Waals surface area contributed by atoms with Crippen LogP contribution in [0.2, 0.25) is 0 Å². The minimum Gasteiger partial charge on any atom is -0.475 e. The molecule has 216 valence electrons. The quantitative estimate of drug-likeness (QED) is 0.414. The first-order valence-electron chi connectivity index (χ1n) is 14.2. The zero-order chi connectivity index (χ0) is 29.1. The maximum absolute atomic E-state index is 14.6. The topological polar surface area (TPSA) is 101 Å². The Morgan fingerprint density at radius 3 is 2.59 bits per heavy atom. The number of fused-ring (bicyclic) bond motifs is 4. The SMILES string of the molecule is Cc1ccc(F)c(C)c1-c1cc2nc(n1)NS(=O)(=O)c1cccc(c1)C(=O)N(C1CC3(CC3)C1)[C@H](CC(C)C)CO2. The summed E-state index contributed by atoms with van der Waals surface area (Å²) >= 11 is 0. The number of ether oxygens (including phenoxy) is 1. The van der Waals surface area contributed by atoms with E-state index >= 15 is 0 Å². The third-order valence-electron chi connectivity index (χ3n) is 8.67. The predicted octanol–water partition coefficient (Wildman–Crippen LogP) is 5.89. The zero-order valence-electron chi connectivity index (χ0n) is 23.8. The van der Waals surface area contributed by atoms with Crippen LogP contribution in [0.4, 0.5) is 10.3 Å². The number of carbonyl (C=O) groups is 1. The van der Waals surface area contributed by atoms with E-state index in [0.29, 0.717) is 34.2 Å². The molecule has 1 aliphatic heterocycles. The van der Waals surface area contributed by atoms with E-state index in [9.17, 15) is 17.6 Å². The number of halogens is 1. The molecule has 1 N–H and O–H groups in total. The minimum atomic E-state index is -4.16. The Kier molecular flexibility index (Phi) is 6.79. The lowest BCUT2D eigenvalue weighted by molar-refractivity contribution is 0.00919. The van der Waals surface area contributed by atoms with Gasteiger partial charge in [-0.05, 0) is 92.7 Å². The van der Waals surface area contributed by atoms with Crippen molar-refractivity contribution in [1.29, 1.82) is 0 Å². The number of nitrogens with one attached hydrogen (secondary N) is 1. The molecule has 2 aliphatic carbocycles. The fourth-order valence-corrected chi connectivity index (χ4v) is 7.34. The van der Waals surface area contributed by atoms with E-state index in [4.69, 9.17) is 4.74 Å². The molecule has 6 rings (SSSR count). The average Bonchev–Trinajstić information content (AvgIpc) is 3.70. The summed E-state index contributed by atoms with van der Waals surface area (Å²) in [6.45, 7) is 7.90. The second-order valence-electron chi connectivity index (χ2n) is 12.3. The first-order chi connectivity index (χ1) is 19.4. The highest BCUT2D eigenvalue weighted by Gasteiger charge is 2.56. The van der Waals surface area contributed by atoms with Crippen LogP contribution in [0.3, 0.4) is 0 Å². The van der Waals surface area contributed by atoms with Crippen LogP contribution in [0, 0.1) is 31.0 Å². The van der Waals surface area contributed by atoms with Crippen molar-refractivity contribution < 1.29 is 22.3 Å². The molecule has 2 aromatic carbocycles. The van der Waals surface area contributed by atoms with Gasteiger partial charge < -0.3 is 9.64 Å². The van der Waals surface area contributed by atoms with E-state index in [1.165, 1.54) is 31.0 Å². The van der Waals surface area contributed by atoms with Crippen LogP contribution < -0.4 is 9.46 Å². The summed E-state index contributed by atoms with van der Waals surface area (Å²) in [7, 11) is -4.16. The number of rotatable bonds is 4. The second-order valence-corrected chi connectivity index (χ2v) is 14.0. The molecule has 4 bridgehead atoms. The maximum atomic E-state index is 14.6. The summed E-state index contributed by atoms with van der Waals surface area (Å²) in [6, 6.07) is 10.6. The largest absolute Gasteiger partial charge is 0.475 e. The van der Waals surface area contributed by atoms with E-state index < -0.39 is 15.8 Å². The molecule has 1 spiro atoms. The van der Waals surface area contributed by atoms with Gasteiger partial charge in [0.1, 0.15) is 12.4 Å². The molecule has 10 heteroatoms. The molecule has 41 heavy (non-hydrogen) atoms. The number of benzene rings is 2. The van der Waals surface area contributed by atoms with Crippen LogP contribution in [0.15, 0.2) is 47.4 Å². The fourth-order valence-electron chi connectivity index (χ4n) is 6.35. The highest BCUT2D eigenvalue weighted by molar-refractivity contribution is 7.92. The number of sulfonamides is 1. The van der Waals surface area contributed by atoms with Crippen molar-refractivity contribution in [2.75, 3.05) is 11.3 Å². The summed E-state index contributed by atoms with van der Waals surface area (Å²) < 4.78 is 50.3. The molecule has 3 aromatic rings. The van der Waals surface area contributed by atoms with Crippen molar-refractivity contribution in [3.05, 3.63) is 65.0 Å². The van der Waals surface area contributed by atoms with E-state index in [-0.39, 0.29) is 47.2 Å². The molecule has 3 aliphatic rings. The van der Waals surface area contributed by atoms with Crippen molar-refractivity contribution in [3.8, 4) is 17.1 Å². The number of amides is 1.